The van der Waals surface area contributed by atoms with Gasteiger partial charge in [0.05, 0.1) is 27.6 Å². The first kappa shape index (κ1) is 18.3. The van der Waals surface area contributed by atoms with Crippen LogP contribution in [-0.2, 0) is 0 Å². The highest BCUT2D eigenvalue weighted by Crippen LogP contribution is 2.30. The van der Waals surface area contributed by atoms with Crippen molar-refractivity contribution in [3.05, 3.63) is 77.4 Å². The minimum absolute atomic E-state index is 0.543. The van der Waals surface area contributed by atoms with Crippen molar-refractivity contribution in [1.29, 1.82) is 10.5 Å². The molecule has 2 aromatic heterocycles. The highest BCUT2D eigenvalue weighted by molar-refractivity contribution is 6.14. The predicted octanol–water partition coefficient (Wildman–Crippen LogP) is 4.43. The third kappa shape index (κ3) is 2.35. The third-order valence-electron chi connectivity index (χ3n) is 6.28. The van der Waals surface area contributed by atoms with E-state index in [1.807, 2.05) is 73.0 Å². The summed E-state index contributed by atoms with van der Waals surface area (Å²) >= 11 is 0. The van der Waals surface area contributed by atoms with Crippen LogP contribution in [0.15, 0.2) is 76.7 Å². The Morgan fingerprint density at radius 3 is 1.82 bits per heavy atom. The van der Waals surface area contributed by atoms with Crippen LogP contribution in [0.2, 0.25) is 0 Å². The van der Waals surface area contributed by atoms with Gasteiger partial charge < -0.3 is 0 Å². The second kappa shape index (κ2) is 6.61. The zero-order valence-electron chi connectivity index (χ0n) is 17.5. The summed E-state index contributed by atoms with van der Waals surface area (Å²) in [5.41, 5.74) is 4.15. The Bertz CT molecular complexity index is 2040. The molecule has 34 heavy (non-hydrogen) atoms. The molecule has 0 aliphatic rings. The number of fused-ring (bicyclic) bond motifs is 8. The summed E-state index contributed by atoms with van der Waals surface area (Å²) in [6.07, 6.45) is 3.81. The Hall–Kier alpha value is -5.27. The molecule has 0 unspecified atom stereocenters. The summed E-state index contributed by atoms with van der Waals surface area (Å²) in [6, 6.07) is 21.5. The Labute approximate surface area is 190 Å². The first-order valence-electron chi connectivity index (χ1n) is 10.6. The van der Waals surface area contributed by atoms with Gasteiger partial charge in [-0.15, -0.1) is 0 Å². The average Bonchev–Trinajstić information content (AvgIpc) is 3.33. The van der Waals surface area contributed by atoms with E-state index in [2.05, 4.69) is 16.1 Å². The number of rotatable bonds is 0. The molecular formula is C27H11N7. The van der Waals surface area contributed by atoms with E-state index in [4.69, 9.17) is 15.0 Å². The summed E-state index contributed by atoms with van der Waals surface area (Å²) in [6.45, 7) is 0. The molecule has 7 rings (SSSR count). The van der Waals surface area contributed by atoms with Crippen molar-refractivity contribution in [2.45, 2.75) is 0 Å². The van der Waals surface area contributed by atoms with Gasteiger partial charge in [-0.2, -0.15) is 20.5 Å². The van der Waals surface area contributed by atoms with Gasteiger partial charge in [0, 0.05) is 26.9 Å². The molecule has 0 saturated carbocycles. The maximum Gasteiger partial charge on any atom is 0.206 e. The average molecular weight is 433 g/mol. The molecule has 0 atom stereocenters. The van der Waals surface area contributed by atoms with Crippen LogP contribution >= 0.6 is 0 Å². The molecule has 0 radical (unpaired) electrons. The number of hydrogen-bond donors (Lipinski definition) is 0. The molecule has 0 aliphatic carbocycles. The third-order valence-corrected chi connectivity index (χ3v) is 6.28. The predicted molar refractivity (Wildman–Crippen MR) is 130 cm³/mol. The molecule has 154 valence electrons. The first-order chi connectivity index (χ1) is 16.8. The second-order valence-corrected chi connectivity index (χ2v) is 8.05. The van der Waals surface area contributed by atoms with E-state index in [0.717, 1.165) is 37.8 Å². The van der Waals surface area contributed by atoms with Gasteiger partial charge in [-0.25, -0.2) is 15.0 Å². The first-order valence-corrected chi connectivity index (χ1v) is 10.6. The molecule has 0 amide bonds. The van der Waals surface area contributed by atoms with E-state index < -0.39 is 0 Å². The van der Waals surface area contributed by atoms with Gasteiger partial charge in [-0.05, 0) is 23.6 Å². The van der Waals surface area contributed by atoms with Gasteiger partial charge in [0.15, 0.2) is 0 Å². The van der Waals surface area contributed by atoms with Crippen LogP contribution in [0.1, 0.15) is 0 Å². The minimum atomic E-state index is 0.543. The maximum atomic E-state index is 9.25. The van der Waals surface area contributed by atoms with Crippen molar-refractivity contribution >= 4 is 65.4 Å². The molecule has 2 heterocycles. The summed E-state index contributed by atoms with van der Waals surface area (Å²) < 4.78 is 0. The monoisotopic (exact) mass is 433 g/mol. The van der Waals surface area contributed by atoms with Crippen molar-refractivity contribution in [1.82, 2.24) is 15.0 Å². The lowest BCUT2D eigenvalue weighted by atomic mass is 10.1. The summed E-state index contributed by atoms with van der Waals surface area (Å²) in [5.74, 6) is 0. The van der Waals surface area contributed by atoms with Crippen LogP contribution in [-0.4, -0.2) is 15.0 Å². The minimum Gasteiger partial charge on any atom is -0.245 e. The largest absolute Gasteiger partial charge is 0.245 e. The molecule has 0 spiro atoms. The highest BCUT2D eigenvalue weighted by Gasteiger charge is 2.15. The van der Waals surface area contributed by atoms with Crippen LogP contribution in [0, 0.1) is 22.9 Å². The van der Waals surface area contributed by atoms with Crippen LogP contribution in [0.5, 0.6) is 0 Å². The van der Waals surface area contributed by atoms with Crippen LogP contribution in [0.3, 0.4) is 0 Å². The fourth-order valence-electron chi connectivity index (χ4n) is 4.87. The quantitative estimate of drug-likeness (QED) is 0.259. The standard InChI is InChI=1S/C27H11N7/c28-12-30-23-16-6-2-1-5-15(16)19-9-14-10-21-22(11-20(14)32-26(19)23)33-25-18-8-4-3-7-17(18)24(31-13-29)27(25)34-21/h1-11H. The smallest absolute Gasteiger partial charge is 0.206 e. The molecule has 0 aliphatic heterocycles. The van der Waals surface area contributed by atoms with E-state index in [9.17, 15) is 10.5 Å². The summed E-state index contributed by atoms with van der Waals surface area (Å²) in [4.78, 5) is 22.8. The molecule has 0 N–H and O–H groups in total. The molecule has 7 heteroatoms. The lowest BCUT2D eigenvalue weighted by Crippen LogP contribution is -2.01. The second-order valence-electron chi connectivity index (χ2n) is 8.05. The number of nitriles is 2. The number of pyridine rings is 1. The Balaban J connectivity index is 1.65. The normalized spacial score (nSPS) is 13.0. The van der Waals surface area contributed by atoms with Crippen LogP contribution in [0.4, 0.5) is 0 Å². The van der Waals surface area contributed by atoms with Crippen molar-refractivity contribution in [3.63, 3.8) is 0 Å². The number of nitrogens with zero attached hydrogens (tertiary/aromatic N) is 7. The number of benzene rings is 3. The van der Waals surface area contributed by atoms with Gasteiger partial charge in [0.2, 0.25) is 12.4 Å². The molecule has 7 aromatic rings. The molecule has 0 saturated heterocycles. The van der Waals surface area contributed by atoms with Gasteiger partial charge in [-0.3, -0.25) is 0 Å². The fourth-order valence-corrected chi connectivity index (χ4v) is 4.87. The van der Waals surface area contributed by atoms with E-state index >= 15 is 0 Å². The van der Waals surface area contributed by atoms with Crippen LogP contribution in [0.25, 0.3) is 65.4 Å². The zero-order chi connectivity index (χ0) is 22.8. The Morgan fingerprint density at radius 2 is 1.09 bits per heavy atom. The highest BCUT2D eigenvalue weighted by atomic mass is 14.8. The van der Waals surface area contributed by atoms with Crippen LogP contribution < -0.4 is 10.7 Å². The molecule has 5 aromatic carbocycles. The van der Waals surface area contributed by atoms with Crippen molar-refractivity contribution < 1.29 is 0 Å². The number of aromatic nitrogens is 3. The van der Waals surface area contributed by atoms with E-state index in [1.54, 1.807) is 0 Å². The summed E-state index contributed by atoms with van der Waals surface area (Å²) in [5, 5.41) is 25.1. The van der Waals surface area contributed by atoms with Gasteiger partial charge in [0.25, 0.3) is 0 Å². The van der Waals surface area contributed by atoms with Crippen molar-refractivity contribution in [3.8, 4) is 12.4 Å². The van der Waals surface area contributed by atoms with Crippen molar-refractivity contribution in [2.75, 3.05) is 0 Å². The van der Waals surface area contributed by atoms with E-state index in [1.165, 1.54) is 0 Å². The van der Waals surface area contributed by atoms with E-state index in [-0.39, 0.29) is 0 Å². The Morgan fingerprint density at radius 1 is 0.529 bits per heavy atom. The van der Waals surface area contributed by atoms with Gasteiger partial charge in [0.1, 0.15) is 16.2 Å². The SMILES string of the molecule is N#CN=c1c2ccccc2c2cc3cc4nc5c(=NC#N)c6ccccc6c5nc4cc3nc12. The fraction of sp³-hybridized carbons (Fsp3) is 0. The topological polar surface area (TPSA) is 111 Å². The number of hydrogen-bond acceptors (Lipinski definition) is 7. The zero-order valence-corrected chi connectivity index (χ0v) is 17.5. The van der Waals surface area contributed by atoms with Gasteiger partial charge in [-0.1, -0.05) is 48.5 Å². The maximum absolute atomic E-state index is 9.25. The molecule has 7 nitrogen and oxygen atoms in total. The molecule has 0 bridgehead atoms. The van der Waals surface area contributed by atoms with Crippen molar-refractivity contribution in [2.24, 2.45) is 9.98 Å². The lowest BCUT2D eigenvalue weighted by molar-refractivity contribution is 1.34. The van der Waals surface area contributed by atoms with Gasteiger partial charge >= 0.3 is 0 Å². The lowest BCUT2D eigenvalue weighted by Gasteiger charge is -2.03. The molecule has 0 fully saturated rings. The molecular weight excluding hydrogens is 422 g/mol. The Kier molecular flexibility index (Phi) is 3.56. The van der Waals surface area contributed by atoms with E-state index in [0.29, 0.717) is 38.3 Å². The summed E-state index contributed by atoms with van der Waals surface area (Å²) in [7, 11) is 0.